The third kappa shape index (κ3) is 8.54. The van der Waals surface area contributed by atoms with Crippen molar-refractivity contribution in [2.24, 2.45) is 5.92 Å². The molecule has 3 aliphatic rings. The highest BCUT2D eigenvalue weighted by atomic mass is 16.4. The second-order valence-corrected chi connectivity index (χ2v) is 14.9. The Kier molecular flexibility index (Phi) is 10.7. The van der Waals surface area contributed by atoms with E-state index in [1.54, 1.807) is 4.90 Å². The number of amides is 3. The number of aliphatic hydroxyl groups excluding tert-OH is 1. The normalized spacial score (nSPS) is 27.3. The lowest BCUT2D eigenvalue weighted by Gasteiger charge is -2.33. The van der Waals surface area contributed by atoms with Crippen LogP contribution >= 0.6 is 0 Å². The van der Waals surface area contributed by atoms with Gasteiger partial charge in [-0.1, -0.05) is 91.7 Å². The lowest BCUT2D eigenvalue weighted by Crippen LogP contribution is -2.59. The van der Waals surface area contributed by atoms with Crippen LogP contribution in [0.1, 0.15) is 82.9 Å². The molecule has 1 aliphatic carbocycles. The lowest BCUT2D eigenvalue weighted by molar-refractivity contribution is -0.143. The molecule has 2 fully saturated rings. The molecule has 3 heterocycles. The molecule has 1 saturated heterocycles. The van der Waals surface area contributed by atoms with Crippen LogP contribution in [0.3, 0.4) is 0 Å². The van der Waals surface area contributed by atoms with E-state index in [1.807, 2.05) is 99.7 Å². The van der Waals surface area contributed by atoms with Crippen LogP contribution in [-0.2, 0) is 9.59 Å². The van der Waals surface area contributed by atoms with Crippen LogP contribution in [0.4, 0.5) is 4.79 Å². The zero-order valence-corrected chi connectivity index (χ0v) is 29.4. The number of carbonyl (C=O) groups excluding carboxylic acids is 2. The third-order valence-corrected chi connectivity index (χ3v) is 9.81. The Morgan fingerprint density at radius 1 is 1.04 bits per heavy atom. The number of nitrogens with one attached hydrogen (secondary N) is 3. The number of carbonyl (C=O) groups is 3. The van der Waals surface area contributed by atoms with E-state index in [2.05, 4.69) is 26.3 Å². The number of nitrogens with zero attached hydrogens (tertiary/aromatic N) is 5. The van der Waals surface area contributed by atoms with E-state index in [4.69, 9.17) is 5.10 Å². The number of aliphatic carboxylic acids is 1. The number of carboxylic acids is 1. The predicted molar refractivity (Wildman–Crippen MR) is 193 cm³/mol. The molecular weight excluding hydrogens is 648 g/mol. The average molecular weight is 697 g/mol. The summed E-state index contributed by atoms with van der Waals surface area (Å²) in [4.78, 5) is 42.9. The summed E-state index contributed by atoms with van der Waals surface area (Å²) in [6.07, 6.45) is 10.8. The smallest absolute Gasteiger partial charge is 0.324 e. The Balaban J connectivity index is 1.28. The predicted octanol–water partition coefficient (Wildman–Crippen LogP) is 4.39. The van der Waals surface area contributed by atoms with Crippen molar-refractivity contribution in [3.63, 3.8) is 0 Å². The molecule has 1 saturated carbocycles. The number of allylic oxidation sites excluding steroid dienone is 1. The Hall–Kier alpha value is -4.88. The van der Waals surface area contributed by atoms with Crippen molar-refractivity contribution < 1.29 is 24.6 Å². The first kappa shape index (κ1) is 35.9. The first-order valence-corrected chi connectivity index (χ1v) is 17.8. The van der Waals surface area contributed by atoms with Crippen LogP contribution in [0.2, 0.25) is 0 Å². The topological polar surface area (TPSA) is 175 Å². The molecule has 270 valence electrons. The maximum atomic E-state index is 14.4. The first-order chi connectivity index (χ1) is 24.4. The van der Waals surface area contributed by atoms with Gasteiger partial charge in [0.15, 0.2) is 0 Å². The quantitative estimate of drug-likeness (QED) is 0.185. The minimum atomic E-state index is -1.37. The number of hydrogen-bond donors (Lipinski definition) is 5. The average Bonchev–Trinajstić information content (AvgIpc) is 3.39. The van der Waals surface area contributed by atoms with E-state index in [9.17, 15) is 24.6 Å². The summed E-state index contributed by atoms with van der Waals surface area (Å²) in [6, 6.07) is 15.1. The molecule has 13 nitrogen and oxygen atoms in total. The summed E-state index contributed by atoms with van der Waals surface area (Å²) in [5, 5.41) is 44.2. The van der Waals surface area contributed by atoms with Crippen LogP contribution in [0.15, 0.2) is 66.7 Å². The molecule has 13 heteroatoms. The highest BCUT2D eigenvalue weighted by Gasteiger charge is 2.61. The SMILES string of the molecule is CC(C)(C)NC(=O)N[C@@H]1CCCCCC=C[C@@H]2C[C@]2(C(=O)O)N[C@@H](O)[C@@H]2C[C@H](n3nnc(-c4ccccc4C=Cc4ccccc4)n3)CN2C1=O. The monoisotopic (exact) mass is 696 g/mol. The van der Waals surface area contributed by atoms with Crippen molar-refractivity contribution in [1.29, 1.82) is 0 Å². The van der Waals surface area contributed by atoms with Gasteiger partial charge in [0.2, 0.25) is 11.7 Å². The van der Waals surface area contributed by atoms with Crippen LogP contribution in [-0.4, -0.2) is 89.2 Å². The van der Waals surface area contributed by atoms with Crippen molar-refractivity contribution in [2.75, 3.05) is 6.54 Å². The lowest BCUT2D eigenvalue weighted by atomic mass is 10.0. The number of benzene rings is 2. The number of tetrazole rings is 1. The number of urea groups is 1. The molecule has 6 atom stereocenters. The maximum absolute atomic E-state index is 14.4. The number of aromatic nitrogens is 4. The minimum absolute atomic E-state index is 0.135. The highest BCUT2D eigenvalue weighted by Crippen LogP contribution is 2.46. The molecule has 2 aromatic carbocycles. The molecular formula is C38H48N8O5. The van der Waals surface area contributed by atoms with Gasteiger partial charge in [-0.2, -0.15) is 4.80 Å². The zero-order chi connectivity index (χ0) is 36.2. The van der Waals surface area contributed by atoms with Crippen molar-refractivity contribution in [3.05, 3.63) is 77.9 Å². The second kappa shape index (κ2) is 15.2. The van der Waals surface area contributed by atoms with Crippen molar-refractivity contribution >= 4 is 30.1 Å². The van der Waals surface area contributed by atoms with Crippen LogP contribution in [0.5, 0.6) is 0 Å². The number of hydrogen-bond acceptors (Lipinski definition) is 8. The molecule has 3 amide bonds. The van der Waals surface area contributed by atoms with Gasteiger partial charge >= 0.3 is 12.0 Å². The summed E-state index contributed by atoms with van der Waals surface area (Å²) in [6.45, 7) is 5.73. The Morgan fingerprint density at radius 3 is 2.57 bits per heavy atom. The van der Waals surface area contributed by atoms with Gasteiger partial charge in [-0.15, -0.1) is 10.2 Å². The molecule has 6 rings (SSSR count). The largest absolute Gasteiger partial charge is 0.480 e. The molecule has 0 unspecified atom stereocenters. The Morgan fingerprint density at radius 2 is 1.80 bits per heavy atom. The fourth-order valence-electron chi connectivity index (χ4n) is 7.04. The van der Waals surface area contributed by atoms with Gasteiger partial charge in [-0.3, -0.25) is 14.9 Å². The molecule has 51 heavy (non-hydrogen) atoms. The Bertz CT molecular complexity index is 1770. The van der Waals surface area contributed by atoms with Gasteiger partial charge in [0.25, 0.3) is 0 Å². The van der Waals surface area contributed by atoms with Gasteiger partial charge in [0.05, 0.1) is 12.1 Å². The van der Waals surface area contributed by atoms with Gasteiger partial charge in [0.1, 0.15) is 17.8 Å². The van der Waals surface area contributed by atoms with Gasteiger partial charge in [-0.25, -0.2) is 4.79 Å². The molecule has 3 aromatic rings. The Labute approximate surface area is 298 Å². The standard InChI is InChI=1S/C38H48N8O5/c1-37(2,3)41-36(51)39-30-19-11-6-4-5-10-17-27-23-38(27,35(49)50)40-33(47)31-22-28(24-45(31)34(30)48)46-43-32(42-44-46)29-18-13-12-16-26(29)21-20-25-14-8-7-9-15-25/h7-10,12-18,20-21,27-28,30-31,33,40,47H,4-6,11,19,22-24H2,1-3H3,(H,49,50)(H2,39,41,51)/t27-,28+,30-,31+,33+,38+/m1/s1. The van der Waals surface area contributed by atoms with E-state index < -0.39 is 47.4 Å². The van der Waals surface area contributed by atoms with Crippen LogP contribution < -0.4 is 16.0 Å². The fourth-order valence-corrected chi connectivity index (χ4v) is 7.04. The summed E-state index contributed by atoms with van der Waals surface area (Å²) in [7, 11) is 0. The first-order valence-electron chi connectivity index (χ1n) is 17.8. The highest BCUT2D eigenvalue weighted by molar-refractivity contribution is 5.88. The second-order valence-electron chi connectivity index (χ2n) is 14.9. The number of aliphatic hydroxyl groups is 1. The number of carboxylic acid groups (broad SMARTS) is 1. The van der Waals surface area contributed by atoms with Crippen LogP contribution in [0, 0.1) is 5.92 Å². The van der Waals surface area contributed by atoms with Gasteiger partial charge in [-0.05, 0) is 69.2 Å². The summed E-state index contributed by atoms with van der Waals surface area (Å²) in [5.74, 6) is -1.27. The number of rotatable bonds is 6. The van der Waals surface area contributed by atoms with Crippen molar-refractivity contribution in [2.45, 2.75) is 101 Å². The van der Waals surface area contributed by atoms with Gasteiger partial charge < -0.3 is 25.7 Å². The molecule has 5 N–H and O–H groups in total. The van der Waals surface area contributed by atoms with Crippen molar-refractivity contribution in [1.82, 2.24) is 41.1 Å². The minimum Gasteiger partial charge on any atom is -0.480 e. The third-order valence-electron chi connectivity index (χ3n) is 9.81. The molecule has 0 bridgehead atoms. The van der Waals surface area contributed by atoms with Crippen molar-refractivity contribution in [3.8, 4) is 11.4 Å². The molecule has 2 aliphatic heterocycles. The van der Waals surface area contributed by atoms with E-state index >= 15 is 0 Å². The van der Waals surface area contributed by atoms with E-state index in [1.165, 1.54) is 4.80 Å². The summed E-state index contributed by atoms with van der Waals surface area (Å²) >= 11 is 0. The number of fused-ring (bicyclic) bond motifs is 2. The molecule has 1 aromatic heterocycles. The maximum Gasteiger partial charge on any atom is 0.324 e. The zero-order valence-electron chi connectivity index (χ0n) is 29.4. The summed E-state index contributed by atoms with van der Waals surface area (Å²) < 4.78 is 0. The molecule has 0 radical (unpaired) electrons. The van der Waals surface area contributed by atoms with E-state index in [0.717, 1.165) is 36.0 Å². The fraction of sp³-hybridized carbons (Fsp3) is 0.474. The van der Waals surface area contributed by atoms with E-state index in [-0.39, 0.29) is 24.8 Å². The van der Waals surface area contributed by atoms with E-state index in [0.29, 0.717) is 25.1 Å². The summed E-state index contributed by atoms with van der Waals surface area (Å²) in [5.41, 5.74) is 0.898. The molecule has 0 spiro atoms. The van der Waals surface area contributed by atoms with Gasteiger partial charge in [0, 0.05) is 23.6 Å². The van der Waals surface area contributed by atoms with Crippen LogP contribution in [0.25, 0.3) is 23.5 Å².